The summed E-state index contributed by atoms with van der Waals surface area (Å²) in [5.74, 6) is -0.0580. The van der Waals surface area contributed by atoms with Crippen LogP contribution in [0.3, 0.4) is 0 Å². The minimum absolute atomic E-state index is 0.0448. The van der Waals surface area contributed by atoms with Gasteiger partial charge in [-0.3, -0.25) is 9.59 Å². The van der Waals surface area contributed by atoms with Gasteiger partial charge in [0.1, 0.15) is 0 Å². The van der Waals surface area contributed by atoms with Crippen LogP contribution in [0, 0.1) is 5.92 Å². The Labute approximate surface area is 181 Å². The Balaban J connectivity index is 1.70. The lowest BCUT2D eigenvalue weighted by atomic mass is 9.95. The van der Waals surface area contributed by atoms with E-state index in [1.54, 1.807) is 17.0 Å². The third-order valence-electron chi connectivity index (χ3n) is 5.05. The molecule has 2 amide bonds. The number of unbranched alkanes of at least 4 members (excludes halogenated alkanes) is 2. The molecule has 1 saturated heterocycles. The van der Waals surface area contributed by atoms with E-state index in [2.05, 4.69) is 32.9 Å². The first kappa shape index (κ1) is 23.8. The number of carbonyl (C=O) groups is 2. The molecule has 1 aromatic carbocycles. The molecule has 0 aromatic heterocycles. The summed E-state index contributed by atoms with van der Waals surface area (Å²) < 4.78 is 27.8. The molecule has 1 fully saturated rings. The molecular weight excluding hydrogens is 458 g/mol. The molecule has 2 rings (SSSR count). The second-order valence-corrected chi connectivity index (χ2v) is 9.94. The average Bonchev–Trinajstić information content (AvgIpc) is 2.71. The monoisotopic (exact) mass is 487 g/mol. The largest absolute Gasteiger partial charge is 0.356 e. The molecule has 0 bridgehead atoms. The molecular formula is C20H30BrN3O4S. The van der Waals surface area contributed by atoms with Crippen molar-refractivity contribution in [2.75, 3.05) is 26.2 Å². The van der Waals surface area contributed by atoms with Crippen molar-refractivity contribution in [3.05, 3.63) is 28.7 Å². The first-order valence-corrected chi connectivity index (χ1v) is 12.4. The van der Waals surface area contributed by atoms with E-state index in [-0.39, 0.29) is 35.6 Å². The van der Waals surface area contributed by atoms with Gasteiger partial charge in [0, 0.05) is 43.0 Å². The summed E-state index contributed by atoms with van der Waals surface area (Å²) >= 11 is 3.27. The van der Waals surface area contributed by atoms with Gasteiger partial charge in [0.15, 0.2) is 0 Å². The van der Waals surface area contributed by atoms with Gasteiger partial charge in [-0.25, -0.2) is 13.1 Å². The number of nitrogens with one attached hydrogen (secondary N) is 2. The Morgan fingerprint density at radius 1 is 1.10 bits per heavy atom. The zero-order valence-electron chi connectivity index (χ0n) is 16.8. The summed E-state index contributed by atoms with van der Waals surface area (Å²) in [5.41, 5.74) is 0. The van der Waals surface area contributed by atoms with Crippen molar-refractivity contribution in [3.63, 3.8) is 0 Å². The molecule has 0 spiro atoms. The molecule has 1 aromatic rings. The summed E-state index contributed by atoms with van der Waals surface area (Å²) in [5, 5.41) is 2.98. The maximum atomic E-state index is 12.4. The van der Waals surface area contributed by atoms with Crippen LogP contribution in [0.1, 0.15) is 45.4 Å². The number of piperidine rings is 1. The topological polar surface area (TPSA) is 95.6 Å². The Morgan fingerprint density at radius 3 is 2.38 bits per heavy atom. The summed E-state index contributed by atoms with van der Waals surface area (Å²) in [6.45, 7) is 3.95. The van der Waals surface area contributed by atoms with E-state index in [0.717, 1.165) is 23.7 Å². The minimum Gasteiger partial charge on any atom is -0.356 e. The van der Waals surface area contributed by atoms with Crippen molar-refractivity contribution < 1.29 is 18.0 Å². The Morgan fingerprint density at radius 2 is 1.76 bits per heavy atom. The van der Waals surface area contributed by atoms with Gasteiger partial charge in [-0.2, -0.15) is 0 Å². The van der Waals surface area contributed by atoms with E-state index in [1.165, 1.54) is 12.1 Å². The zero-order valence-corrected chi connectivity index (χ0v) is 19.2. The molecule has 0 unspecified atom stereocenters. The number of carbonyl (C=O) groups excluding carboxylic acids is 2. The number of nitrogens with zero attached hydrogens (tertiary/aromatic N) is 1. The fourth-order valence-corrected chi connectivity index (χ4v) is 4.57. The Kier molecular flexibility index (Phi) is 9.58. The van der Waals surface area contributed by atoms with Crippen molar-refractivity contribution in [2.24, 2.45) is 5.92 Å². The van der Waals surface area contributed by atoms with Gasteiger partial charge in [-0.05, 0) is 43.5 Å². The van der Waals surface area contributed by atoms with Crippen LogP contribution in [0.4, 0.5) is 0 Å². The maximum Gasteiger partial charge on any atom is 0.240 e. The number of sulfonamides is 1. The fraction of sp³-hybridized carbons (Fsp3) is 0.600. The number of likely N-dealkylation sites (tertiary alicyclic amines) is 1. The lowest BCUT2D eigenvalue weighted by molar-refractivity contribution is -0.135. The second-order valence-electron chi connectivity index (χ2n) is 7.25. The second kappa shape index (κ2) is 11.7. The predicted octanol–water partition coefficient (Wildman–Crippen LogP) is 2.66. The minimum atomic E-state index is -3.63. The highest BCUT2D eigenvalue weighted by molar-refractivity contribution is 9.10. The van der Waals surface area contributed by atoms with E-state index in [9.17, 15) is 18.0 Å². The first-order chi connectivity index (χ1) is 13.8. The molecule has 9 heteroatoms. The van der Waals surface area contributed by atoms with Gasteiger partial charge in [0.05, 0.1) is 4.90 Å². The third-order valence-corrected chi connectivity index (χ3v) is 7.06. The smallest absolute Gasteiger partial charge is 0.240 e. The quantitative estimate of drug-likeness (QED) is 0.495. The molecule has 2 N–H and O–H groups in total. The molecule has 0 atom stereocenters. The number of amides is 2. The van der Waals surface area contributed by atoms with Crippen LogP contribution < -0.4 is 10.0 Å². The van der Waals surface area contributed by atoms with Gasteiger partial charge in [0.2, 0.25) is 21.8 Å². The molecule has 1 aliphatic rings. The predicted molar refractivity (Wildman–Crippen MR) is 116 cm³/mol. The van der Waals surface area contributed by atoms with E-state index < -0.39 is 10.0 Å². The number of hydrogen-bond acceptors (Lipinski definition) is 4. The van der Waals surface area contributed by atoms with Gasteiger partial charge in [0.25, 0.3) is 0 Å². The fourth-order valence-electron chi connectivity index (χ4n) is 3.27. The third kappa shape index (κ3) is 7.71. The number of benzene rings is 1. The molecule has 162 valence electrons. The van der Waals surface area contributed by atoms with E-state index >= 15 is 0 Å². The van der Waals surface area contributed by atoms with Crippen LogP contribution in [-0.4, -0.2) is 51.3 Å². The molecule has 1 aliphatic heterocycles. The highest BCUT2D eigenvalue weighted by atomic mass is 79.9. The molecule has 7 nitrogen and oxygen atoms in total. The van der Waals surface area contributed by atoms with Gasteiger partial charge < -0.3 is 10.2 Å². The van der Waals surface area contributed by atoms with Gasteiger partial charge in [-0.1, -0.05) is 35.7 Å². The Hall–Kier alpha value is -1.45. The van der Waals surface area contributed by atoms with Crippen LogP contribution in [0.2, 0.25) is 0 Å². The lowest BCUT2D eigenvalue weighted by Gasteiger charge is -2.31. The van der Waals surface area contributed by atoms with Crippen LogP contribution in [0.25, 0.3) is 0 Å². The van der Waals surface area contributed by atoms with Crippen LogP contribution in [-0.2, 0) is 19.6 Å². The zero-order chi connectivity index (χ0) is 21.3. The van der Waals surface area contributed by atoms with E-state index in [1.807, 2.05) is 0 Å². The summed E-state index contributed by atoms with van der Waals surface area (Å²) in [4.78, 5) is 26.4. The molecule has 29 heavy (non-hydrogen) atoms. The molecule has 1 heterocycles. The normalized spacial score (nSPS) is 15.3. The van der Waals surface area contributed by atoms with E-state index in [0.29, 0.717) is 32.5 Å². The highest BCUT2D eigenvalue weighted by Crippen LogP contribution is 2.18. The Bertz CT molecular complexity index is 775. The molecule has 0 aliphatic carbocycles. The van der Waals surface area contributed by atoms with Crippen LogP contribution in [0.5, 0.6) is 0 Å². The van der Waals surface area contributed by atoms with E-state index in [4.69, 9.17) is 0 Å². The average molecular weight is 488 g/mol. The SMILES string of the molecule is CCCCCNC(=O)C1CCN(C(=O)CCNS(=O)(=O)c2ccc(Br)cc2)CC1. The molecule has 0 radical (unpaired) electrons. The van der Waals surface area contributed by atoms with Crippen molar-refractivity contribution in [3.8, 4) is 0 Å². The van der Waals surface area contributed by atoms with Crippen molar-refractivity contribution in [2.45, 2.75) is 50.3 Å². The van der Waals surface area contributed by atoms with Gasteiger partial charge in [-0.15, -0.1) is 0 Å². The number of halogens is 1. The number of hydrogen-bond donors (Lipinski definition) is 2. The van der Waals surface area contributed by atoms with Gasteiger partial charge >= 0.3 is 0 Å². The summed E-state index contributed by atoms with van der Waals surface area (Å²) in [7, 11) is -3.63. The maximum absolute atomic E-state index is 12.4. The molecule has 0 saturated carbocycles. The van der Waals surface area contributed by atoms with Crippen molar-refractivity contribution in [1.29, 1.82) is 0 Å². The van der Waals surface area contributed by atoms with Crippen LogP contribution in [0.15, 0.2) is 33.6 Å². The summed E-state index contributed by atoms with van der Waals surface area (Å²) in [6, 6.07) is 6.33. The lowest BCUT2D eigenvalue weighted by Crippen LogP contribution is -2.43. The highest BCUT2D eigenvalue weighted by Gasteiger charge is 2.27. The number of rotatable bonds is 10. The van der Waals surface area contributed by atoms with Crippen molar-refractivity contribution >= 4 is 37.8 Å². The van der Waals surface area contributed by atoms with Crippen molar-refractivity contribution in [1.82, 2.24) is 14.9 Å². The summed E-state index contributed by atoms with van der Waals surface area (Å²) in [6.07, 6.45) is 4.62. The first-order valence-electron chi connectivity index (χ1n) is 10.1. The van der Waals surface area contributed by atoms with Crippen LogP contribution >= 0.6 is 15.9 Å². The standard InChI is InChI=1S/C20H30BrN3O4S/c1-2-3-4-12-22-20(26)16-10-14-24(15-11-16)19(25)9-13-23-29(27,28)18-7-5-17(21)6-8-18/h5-8,16,23H,2-4,9-15H2,1H3,(H,22,26).